The molecule has 2 atom stereocenters. The lowest BCUT2D eigenvalue weighted by atomic mass is 10.0. The fourth-order valence-corrected chi connectivity index (χ4v) is 3.40. The summed E-state index contributed by atoms with van der Waals surface area (Å²) in [4.78, 5) is 3.37. The van der Waals surface area contributed by atoms with Crippen LogP contribution in [0.5, 0.6) is 0 Å². The number of hydrogen-bond donors (Lipinski definition) is 1. The maximum absolute atomic E-state index is 13.8. The molecule has 2 rings (SSSR count). The Morgan fingerprint density at radius 3 is 2.60 bits per heavy atom. The maximum Gasteiger partial charge on any atom is 0.127 e. The summed E-state index contributed by atoms with van der Waals surface area (Å²) in [5.41, 5.74) is 6.98. The SMILES string of the molecule is CCC(N)C(c1cccs1)N(C)Cc1ccccc1F. The molecule has 0 aliphatic heterocycles. The third kappa shape index (κ3) is 3.45. The standard InChI is InChI=1S/C16H21FN2S/c1-3-14(18)16(15-9-6-10-20-15)19(2)11-12-7-4-5-8-13(12)17/h4-10,14,16H,3,11,18H2,1-2H3. The first-order chi connectivity index (χ1) is 9.63. The van der Waals surface area contributed by atoms with E-state index in [0.29, 0.717) is 12.1 Å². The normalized spacial score (nSPS) is 14.4. The smallest absolute Gasteiger partial charge is 0.127 e. The molecule has 2 unspecified atom stereocenters. The Morgan fingerprint density at radius 2 is 2.00 bits per heavy atom. The van der Waals surface area contributed by atoms with E-state index >= 15 is 0 Å². The van der Waals surface area contributed by atoms with Gasteiger partial charge >= 0.3 is 0 Å². The van der Waals surface area contributed by atoms with Gasteiger partial charge in [-0.3, -0.25) is 4.90 Å². The lowest BCUT2D eigenvalue weighted by Gasteiger charge is -2.31. The van der Waals surface area contributed by atoms with Crippen LogP contribution in [-0.2, 0) is 6.54 Å². The topological polar surface area (TPSA) is 29.3 Å². The zero-order valence-corrected chi connectivity index (χ0v) is 12.7. The van der Waals surface area contributed by atoms with Crippen molar-refractivity contribution in [1.82, 2.24) is 4.90 Å². The summed E-state index contributed by atoms with van der Waals surface area (Å²) >= 11 is 1.70. The van der Waals surface area contributed by atoms with Gasteiger partial charge in [0.15, 0.2) is 0 Å². The van der Waals surface area contributed by atoms with Crippen molar-refractivity contribution in [3.05, 3.63) is 58.0 Å². The number of rotatable bonds is 6. The third-order valence-corrected chi connectivity index (χ3v) is 4.51. The highest BCUT2D eigenvalue weighted by Gasteiger charge is 2.24. The van der Waals surface area contributed by atoms with Gasteiger partial charge in [0.25, 0.3) is 0 Å². The molecule has 0 saturated heterocycles. The third-order valence-electron chi connectivity index (χ3n) is 3.56. The van der Waals surface area contributed by atoms with Crippen LogP contribution in [-0.4, -0.2) is 18.0 Å². The van der Waals surface area contributed by atoms with Crippen molar-refractivity contribution in [2.75, 3.05) is 7.05 Å². The second-order valence-corrected chi connectivity index (χ2v) is 6.02. The molecule has 0 fully saturated rings. The molecule has 2 N–H and O–H groups in total. The van der Waals surface area contributed by atoms with Gasteiger partial charge in [-0.2, -0.15) is 0 Å². The Balaban J connectivity index is 2.19. The van der Waals surface area contributed by atoms with E-state index in [1.165, 1.54) is 10.9 Å². The summed E-state index contributed by atoms with van der Waals surface area (Å²) in [6.07, 6.45) is 0.893. The second kappa shape index (κ2) is 6.97. The van der Waals surface area contributed by atoms with Crippen LogP contribution in [0.3, 0.4) is 0 Å². The van der Waals surface area contributed by atoms with Gasteiger partial charge in [0, 0.05) is 23.0 Å². The van der Waals surface area contributed by atoms with Crippen molar-refractivity contribution in [1.29, 1.82) is 0 Å². The minimum Gasteiger partial charge on any atom is -0.326 e. The van der Waals surface area contributed by atoms with Crippen LogP contribution in [0, 0.1) is 5.82 Å². The summed E-state index contributed by atoms with van der Waals surface area (Å²) in [5.74, 6) is -0.158. The van der Waals surface area contributed by atoms with Crippen LogP contribution in [0.2, 0.25) is 0 Å². The molecule has 0 bridgehead atoms. The Bertz CT molecular complexity index is 527. The van der Waals surface area contributed by atoms with Gasteiger partial charge in [-0.1, -0.05) is 31.2 Å². The average Bonchev–Trinajstić information content (AvgIpc) is 2.95. The molecule has 0 radical (unpaired) electrons. The zero-order chi connectivity index (χ0) is 14.5. The summed E-state index contributed by atoms with van der Waals surface area (Å²) in [5, 5.41) is 2.06. The van der Waals surface area contributed by atoms with Crippen LogP contribution in [0.4, 0.5) is 4.39 Å². The monoisotopic (exact) mass is 292 g/mol. The van der Waals surface area contributed by atoms with Gasteiger partial charge in [-0.15, -0.1) is 11.3 Å². The van der Waals surface area contributed by atoms with E-state index in [1.54, 1.807) is 17.4 Å². The average molecular weight is 292 g/mol. The first kappa shape index (κ1) is 15.2. The van der Waals surface area contributed by atoms with Gasteiger partial charge in [0.05, 0.1) is 6.04 Å². The van der Waals surface area contributed by atoms with E-state index in [4.69, 9.17) is 5.73 Å². The van der Waals surface area contributed by atoms with Gasteiger partial charge in [0.2, 0.25) is 0 Å². The van der Waals surface area contributed by atoms with Crippen molar-refractivity contribution < 1.29 is 4.39 Å². The highest BCUT2D eigenvalue weighted by Crippen LogP contribution is 2.29. The van der Waals surface area contributed by atoms with Crippen molar-refractivity contribution in [2.24, 2.45) is 5.73 Å². The summed E-state index contributed by atoms with van der Waals surface area (Å²) < 4.78 is 13.8. The lowest BCUT2D eigenvalue weighted by Crippen LogP contribution is -2.38. The number of thiophene rings is 1. The van der Waals surface area contributed by atoms with Gasteiger partial charge in [-0.25, -0.2) is 4.39 Å². The molecular formula is C16H21FN2S. The van der Waals surface area contributed by atoms with E-state index < -0.39 is 0 Å². The molecule has 1 heterocycles. The van der Waals surface area contributed by atoms with Crippen LogP contribution in [0.25, 0.3) is 0 Å². The quantitative estimate of drug-likeness (QED) is 0.877. The molecular weight excluding hydrogens is 271 g/mol. The molecule has 1 aromatic heterocycles. The van der Waals surface area contributed by atoms with E-state index in [-0.39, 0.29) is 17.9 Å². The van der Waals surface area contributed by atoms with Crippen LogP contribution < -0.4 is 5.73 Å². The number of hydrogen-bond acceptors (Lipinski definition) is 3. The van der Waals surface area contributed by atoms with Crippen LogP contribution in [0.15, 0.2) is 41.8 Å². The largest absolute Gasteiger partial charge is 0.326 e. The van der Waals surface area contributed by atoms with Crippen molar-refractivity contribution >= 4 is 11.3 Å². The lowest BCUT2D eigenvalue weighted by molar-refractivity contribution is 0.202. The maximum atomic E-state index is 13.8. The summed E-state index contributed by atoms with van der Waals surface area (Å²) in [7, 11) is 2.01. The van der Waals surface area contributed by atoms with Crippen molar-refractivity contribution in [3.8, 4) is 0 Å². The predicted molar refractivity (Wildman–Crippen MR) is 83.2 cm³/mol. The summed E-state index contributed by atoms with van der Waals surface area (Å²) in [6.45, 7) is 2.64. The van der Waals surface area contributed by atoms with Gasteiger partial charge in [-0.05, 0) is 31.0 Å². The number of likely N-dealkylation sites (N-methyl/N-ethyl adjacent to an activating group) is 1. The molecule has 20 heavy (non-hydrogen) atoms. The van der Waals surface area contributed by atoms with E-state index in [0.717, 1.165) is 6.42 Å². The second-order valence-electron chi connectivity index (χ2n) is 5.04. The number of nitrogens with two attached hydrogens (primary N) is 1. The Kier molecular flexibility index (Phi) is 5.29. The highest BCUT2D eigenvalue weighted by atomic mass is 32.1. The molecule has 0 aliphatic carbocycles. The zero-order valence-electron chi connectivity index (χ0n) is 11.9. The number of benzene rings is 1. The number of halogens is 1. The molecule has 0 saturated carbocycles. The molecule has 0 amide bonds. The molecule has 0 aliphatic rings. The fraction of sp³-hybridized carbons (Fsp3) is 0.375. The first-order valence-corrected chi connectivity index (χ1v) is 7.74. The number of nitrogens with zero attached hydrogens (tertiary/aromatic N) is 1. The van der Waals surface area contributed by atoms with E-state index in [1.807, 2.05) is 25.2 Å². The molecule has 1 aromatic carbocycles. The Morgan fingerprint density at radius 1 is 1.25 bits per heavy atom. The predicted octanol–water partition coefficient (Wildman–Crippen LogP) is 3.80. The van der Waals surface area contributed by atoms with Gasteiger partial charge < -0.3 is 5.73 Å². The summed E-state index contributed by atoms with van der Waals surface area (Å²) in [6, 6.07) is 11.2. The van der Waals surface area contributed by atoms with Crippen LogP contribution >= 0.6 is 11.3 Å². The molecule has 0 spiro atoms. The minimum absolute atomic E-state index is 0.0467. The highest BCUT2D eigenvalue weighted by molar-refractivity contribution is 7.10. The molecule has 2 aromatic rings. The first-order valence-electron chi connectivity index (χ1n) is 6.86. The van der Waals surface area contributed by atoms with Crippen LogP contribution in [0.1, 0.15) is 29.8 Å². The molecule has 2 nitrogen and oxygen atoms in total. The fourth-order valence-electron chi connectivity index (χ4n) is 2.43. The van der Waals surface area contributed by atoms with Gasteiger partial charge in [0.1, 0.15) is 5.82 Å². The Hall–Kier alpha value is -1.23. The Labute approximate surface area is 124 Å². The van der Waals surface area contributed by atoms with Crippen molar-refractivity contribution in [2.45, 2.75) is 32.0 Å². The molecule has 108 valence electrons. The molecule has 4 heteroatoms. The van der Waals surface area contributed by atoms with E-state index in [2.05, 4.69) is 23.3 Å². The minimum atomic E-state index is -0.158. The van der Waals surface area contributed by atoms with E-state index in [9.17, 15) is 4.39 Å². The van der Waals surface area contributed by atoms with Crippen molar-refractivity contribution in [3.63, 3.8) is 0 Å².